The van der Waals surface area contributed by atoms with Gasteiger partial charge in [-0.3, -0.25) is 0 Å². The van der Waals surface area contributed by atoms with E-state index < -0.39 is 0 Å². The Bertz CT molecular complexity index is 349. The number of fused-ring (bicyclic) bond motifs is 2. The zero-order valence-corrected chi connectivity index (χ0v) is 9.37. The summed E-state index contributed by atoms with van der Waals surface area (Å²) in [6, 6.07) is 4.70. The number of aromatic nitrogens is 1. The number of hydrogen-bond acceptors (Lipinski definition) is 2. The summed E-state index contributed by atoms with van der Waals surface area (Å²) in [5.74, 6) is 1.58. The molecule has 2 aliphatic rings. The molecule has 1 aromatic heterocycles. The molecule has 80 valence electrons. The predicted molar refractivity (Wildman–Crippen MR) is 61.1 cm³/mol. The Morgan fingerprint density at radius 3 is 3.00 bits per heavy atom. The number of piperidine rings is 1. The average molecular weight is 223 g/mol. The van der Waals surface area contributed by atoms with E-state index in [9.17, 15) is 0 Å². The quantitative estimate of drug-likeness (QED) is 0.739. The lowest BCUT2D eigenvalue weighted by Crippen LogP contribution is -2.35. The van der Waals surface area contributed by atoms with Crippen LogP contribution in [0.2, 0.25) is 5.15 Å². The molecule has 15 heavy (non-hydrogen) atoms. The Labute approximate surface area is 95.0 Å². The van der Waals surface area contributed by atoms with Gasteiger partial charge in [0.2, 0.25) is 0 Å². The number of hydrogen-bond donors (Lipinski definition) is 1. The normalized spacial score (nSPS) is 34.3. The molecule has 1 aliphatic heterocycles. The van der Waals surface area contributed by atoms with Gasteiger partial charge in [0.15, 0.2) is 0 Å². The van der Waals surface area contributed by atoms with Crippen molar-refractivity contribution in [3.05, 3.63) is 29.0 Å². The first kappa shape index (κ1) is 9.61. The molecular weight excluding hydrogens is 208 g/mol. The van der Waals surface area contributed by atoms with Crippen molar-refractivity contribution in [3.8, 4) is 0 Å². The van der Waals surface area contributed by atoms with Crippen LogP contribution < -0.4 is 5.32 Å². The fourth-order valence-electron chi connectivity index (χ4n) is 3.05. The second-order valence-electron chi connectivity index (χ2n) is 4.71. The highest BCUT2D eigenvalue weighted by atomic mass is 35.5. The number of pyridine rings is 1. The number of nitrogens with one attached hydrogen (secondary N) is 1. The van der Waals surface area contributed by atoms with Crippen molar-refractivity contribution >= 4 is 11.6 Å². The third-order valence-corrected chi connectivity index (χ3v) is 4.02. The summed E-state index contributed by atoms with van der Waals surface area (Å²) < 4.78 is 0. The molecular formula is C12H15ClN2. The molecule has 2 heterocycles. The predicted octanol–water partition coefficient (Wildman–Crippen LogP) is 2.59. The molecule has 3 atom stereocenters. The van der Waals surface area contributed by atoms with Crippen LogP contribution in [-0.4, -0.2) is 17.6 Å². The topological polar surface area (TPSA) is 24.9 Å². The zero-order valence-electron chi connectivity index (χ0n) is 8.62. The highest BCUT2D eigenvalue weighted by Crippen LogP contribution is 2.42. The smallest absolute Gasteiger partial charge is 0.129 e. The lowest BCUT2D eigenvalue weighted by molar-refractivity contribution is 0.386. The second-order valence-corrected chi connectivity index (χ2v) is 5.09. The third-order valence-electron chi connectivity index (χ3n) is 3.80. The van der Waals surface area contributed by atoms with Crippen molar-refractivity contribution in [1.29, 1.82) is 0 Å². The van der Waals surface area contributed by atoms with Crippen LogP contribution in [0.3, 0.4) is 0 Å². The molecule has 3 heteroatoms. The van der Waals surface area contributed by atoms with Gasteiger partial charge in [-0.15, -0.1) is 0 Å². The van der Waals surface area contributed by atoms with Crippen LogP contribution in [0.1, 0.15) is 30.7 Å². The minimum atomic E-state index is 0.590. The monoisotopic (exact) mass is 222 g/mol. The van der Waals surface area contributed by atoms with Gasteiger partial charge in [0.1, 0.15) is 5.15 Å². The van der Waals surface area contributed by atoms with Gasteiger partial charge in [-0.05, 0) is 43.4 Å². The Kier molecular flexibility index (Phi) is 2.41. The molecule has 3 unspecified atom stereocenters. The van der Waals surface area contributed by atoms with Crippen LogP contribution in [-0.2, 0) is 0 Å². The first-order chi connectivity index (χ1) is 7.33. The molecule has 0 amide bonds. The fraction of sp³-hybridized carbons (Fsp3) is 0.583. The molecule has 1 aliphatic carbocycles. The molecule has 0 radical (unpaired) electrons. The fourth-order valence-corrected chi connectivity index (χ4v) is 3.16. The molecule has 1 saturated carbocycles. The van der Waals surface area contributed by atoms with E-state index in [2.05, 4.69) is 16.4 Å². The van der Waals surface area contributed by atoms with E-state index in [0.29, 0.717) is 17.1 Å². The van der Waals surface area contributed by atoms with E-state index in [1.54, 1.807) is 0 Å². The van der Waals surface area contributed by atoms with Gasteiger partial charge in [0.05, 0.1) is 0 Å². The molecule has 2 bridgehead atoms. The SMILES string of the molecule is Clc1ccc(C2CC3CCNC2C3)cn1. The van der Waals surface area contributed by atoms with Gasteiger partial charge >= 0.3 is 0 Å². The van der Waals surface area contributed by atoms with E-state index in [1.807, 2.05) is 12.3 Å². The Balaban J connectivity index is 1.85. The number of halogens is 1. The lowest BCUT2D eigenvalue weighted by Gasteiger charge is -2.23. The van der Waals surface area contributed by atoms with Crippen molar-refractivity contribution in [2.75, 3.05) is 6.54 Å². The lowest BCUT2D eigenvalue weighted by atomic mass is 9.96. The highest BCUT2D eigenvalue weighted by Gasteiger charge is 2.37. The third kappa shape index (κ3) is 1.77. The summed E-state index contributed by atoms with van der Waals surface area (Å²) in [6.45, 7) is 1.19. The van der Waals surface area contributed by atoms with E-state index in [-0.39, 0.29) is 0 Å². The van der Waals surface area contributed by atoms with Gasteiger partial charge in [0.25, 0.3) is 0 Å². The van der Waals surface area contributed by atoms with Gasteiger partial charge in [-0.2, -0.15) is 0 Å². The first-order valence-corrected chi connectivity index (χ1v) is 6.05. The van der Waals surface area contributed by atoms with Crippen molar-refractivity contribution in [3.63, 3.8) is 0 Å². The largest absolute Gasteiger partial charge is 0.313 e. The van der Waals surface area contributed by atoms with E-state index in [4.69, 9.17) is 11.6 Å². The Morgan fingerprint density at radius 2 is 2.27 bits per heavy atom. The average Bonchev–Trinajstić information content (AvgIpc) is 2.55. The maximum atomic E-state index is 5.80. The van der Waals surface area contributed by atoms with E-state index in [1.165, 1.54) is 31.4 Å². The summed E-state index contributed by atoms with van der Waals surface area (Å²) in [6.07, 6.45) is 5.94. The van der Waals surface area contributed by atoms with Crippen LogP contribution in [0.4, 0.5) is 0 Å². The maximum absolute atomic E-state index is 5.80. The second kappa shape index (κ2) is 3.76. The van der Waals surface area contributed by atoms with E-state index in [0.717, 1.165) is 5.92 Å². The summed E-state index contributed by atoms with van der Waals surface area (Å²) in [5.41, 5.74) is 1.35. The molecule has 3 rings (SSSR count). The molecule has 1 N–H and O–H groups in total. The highest BCUT2D eigenvalue weighted by molar-refractivity contribution is 6.29. The van der Waals surface area contributed by atoms with Crippen molar-refractivity contribution in [1.82, 2.24) is 10.3 Å². The molecule has 2 fully saturated rings. The van der Waals surface area contributed by atoms with Gasteiger partial charge < -0.3 is 5.32 Å². The Hall–Kier alpha value is -0.600. The van der Waals surface area contributed by atoms with Crippen LogP contribution in [0.15, 0.2) is 18.3 Å². The Morgan fingerprint density at radius 1 is 1.33 bits per heavy atom. The standard InChI is InChI=1S/C12H15ClN2/c13-12-2-1-9(7-15-12)10-5-8-3-4-14-11(10)6-8/h1-2,7-8,10-11,14H,3-6H2. The van der Waals surface area contributed by atoms with Gasteiger partial charge in [-0.25, -0.2) is 4.98 Å². The minimum Gasteiger partial charge on any atom is -0.313 e. The summed E-state index contributed by atoms with van der Waals surface area (Å²) >= 11 is 5.80. The van der Waals surface area contributed by atoms with Gasteiger partial charge in [0, 0.05) is 18.2 Å². The van der Waals surface area contributed by atoms with Crippen LogP contribution >= 0.6 is 11.6 Å². The van der Waals surface area contributed by atoms with Crippen molar-refractivity contribution in [2.45, 2.75) is 31.2 Å². The van der Waals surface area contributed by atoms with Crippen LogP contribution in [0.25, 0.3) is 0 Å². The summed E-state index contributed by atoms with van der Waals surface area (Å²) in [4.78, 5) is 4.18. The number of rotatable bonds is 1. The zero-order chi connectivity index (χ0) is 10.3. The van der Waals surface area contributed by atoms with Crippen LogP contribution in [0.5, 0.6) is 0 Å². The summed E-state index contributed by atoms with van der Waals surface area (Å²) in [7, 11) is 0. The maximum Gasteiger partial charge on any atom is 0.129 e. The molecule has 0 spiro atoms. The molecule has 0 aromatic carbocycles. The number of nitrogens with zero attached hydrogens (tertiary/aromatic N) is 1. The molecule has 1 aromatic rings. The first-order valence-electron chi connectivity index (χ1n) is 5.68. The van der Waals surface area contributed by atoms with E-state index >= 15 is 0 Å². The molecule has 2 nitrogen and oxygen atoms in total. The van der Waals surface area contributed by atoms with Crippen molar-refractivity contribution in [2.24, 2.45) is 5.92 Å². The molecule has 1 saturated heterocycles. The minimum absolute atomic E-state index is 0.590. The van der Waals surface area contributed by atoms with Crippen LogP contribution in [0, 0.1) is 5.92 Å². The van der Waals surface area contributed by atoms with Crippen molar-refractivity contribution < 1.29 is 0 Å². The van der Waals surface area contributed by atoms with Gasteiger partial charge in [-0.1, -0.05) is 17.7 Å². The summed E-state index contributed by atoms with van der Waals surface area (Å²) in [5, 5.41) is 4.20.